The van der Waals surface area contributed by atoms with E-state index in [0.717, 1.165) is 5.56 Å². The summed E-state index contributed by atoms with van der Waals surface area (Å²) in [7, 11) is 1.71. The van der Waals surface area contributed by atoms with Gasteiger partial charge in [-0.05, 0) is 24.6 Å². The lowest BCUT2D eigenvalue weighted by Crippen LogP contribution is -2.29. The maximum atomic E-state index is 11.7. The number of ether oxygens (including phenoxy) is 1. The van der Waals surface area contributed by atoms with Crippen LogP contribution in [0.25, 0.3) is 0 Å². The van der Waals surface area contributed by atoms with Gasteiger partial charge in [0.15, 0.2) is 6.10 Å². The van der Waals surface area contributed by atoms with E-state index in [9.17, 15) is 9.59 Å². The van der Waals surface area contributed by atoms with Crippen LogP contribution < -0.4 is 4.74 Å². The van der Waals surface area contributed by atoms with Crippen LogP contribution in [0.4, 0.5) is 0 Å². The number of carbonyl (C=O) groups excluding carboxylic acids is 1. The maximum Gasteiger partial charge on any atom is 0.339 e. The summed E-state index contributed by atoms with van der Waals surface area (Å²) in [4.78, 5) is 24.4. The van der Waals surface area contributed by atoms with E-state index in [4.69, 9.17) is 9.84 Å². The maximum absolute atomic E-state index is 11.7. The van der Waals surface area contributed by atoms with Gasteiger partial charge in [0.05, 0.1) is 0 Å². The Morgan fingerprint density at radius 2 is 2.22 bits per heavy atom. The fourth-order valence-corrected chi connectivity index (χ4v) is 1.96. The van der Waals surface area contributed by atoms with Gasteiger partial charge in [0.2, 0.25) is 0 Å². The Balaban J connectivity index is 2.25. The second-order valence-corrected chi connectivity index (χ2v) is 4.46. The Labute approximate surface area is 105 Å². The van der Waals surface area contributed by atoms with E-state index < -0.39 is 12.1 Å². The lowest BCUT2D eigenvalue weighted by Gasteiger charge is -2.15. The van der Waals surface area contributed by atoms with Crippen molar-refractivity contribution in [2.75, 3.05) is 13.6 Å². The Morgan fingerprint density at radius 3 is 2.78 bits per heavy atom. The predicted molar refractivity (Wildman–Crippen MR) is 64.8 cm³/mol. The highest BCUT2D eigenvalue weighted by molar-refractivity contribution is 5.91. The molecule has 5 heteroatoms. The van der Waals surface area contributed by atoms with Gasteiger partial charge in [0.1, 0.15) is 11.3 Å². The molecule has 0 aromatic heterocycles. The minimum Gasteiger partial charge on any atom is -0.480 e. The number of aromatic carboxylic acids is 1. The fraction of sp³-hybridized carbons (Fsp3) is 0.385. The second kappa shape index (κ2) is 4.68. The molecule has 1 aliphatic rings. The van der Waals surface area contributed by atoms with Crippen molar-refractivity contribution in [3.8, 4) is 5.75 Å². The molecule has 1 fully saturated rings. The van der Waals surface area contributed by atoms with E-state index in [1.807, 2.05) is 6.92 Å². The summed E-state index contributed by atoms with van der Waals surface area (Å²) in [6.45, 7) is 2.48. The first-order valence-corrected chi connectivity index (χ1v) is 5.74. The van der Waals surface area contributed by atoms with E-state index >= 15 is 0 Å². The molecule has 1 aromatic carbocycles. The van der Waals surface area contributed by atoms with Crippen LogP contribution in [-0.2, 0) is 4.79 Å². The van der Waals surface area contributed by atoms with Crippen molar-refractivity contribution < 1.29 is 19.4 Å². The van der Waals surface area contributed by atoms with Gasteiger partial charge in [-0.15, -0.1) is 0 Å². The largest absolute Gasteiger partial charge is 0.480 e. The summed E-state index contributed by atoms with van der Waals surface area (Å²) < 4.78 is 5.56. The van der Waals surface area contributed by atoms with Gasteiger partial charge in [-0.25, -0.2) is 4.79 Å². The first-order valence-electron chi connectivity index (χ1n) is 5.74. The SMILES string of the molecule is Cc1ccc(C(=O)O)c(OC2CCN(C)C2=O)c1. The van der Waals surface area contributed by atoms with Gasteiger partial charge in [-0.3, -0.25) is 4.79 Å². The smallest absolute Gasteiger partial charge is 0.339 e. The third-order valence-electron chi connectivity index (χ3n) is 3.02. The molecule has 0 aliphatic carbocycles. The molecule has 0 radical (unpaired) electrons. The standard InChI is InChI=1S/C13H15NO4/c1-8-3-4-9(13(16)17)11(7-8)18-10-5-6-14(2)12(10)15/h3-4,7,10H,5-6H2,1-2H3,(H,16,17). The van der Waals surface area contributed by atoms with Crippen molar-refractivity contribution in [3.63, 3.8) is 0 Å². The Morgan fingerprint density at radius 1 is 1.50 bits per heavy atom. The van der Waals surface area contributed by atoms with Gasteiger partial charge in [-0.2, -0.15) is 0 Å². The third-order valence-corrected chi connectivity index (χ3v) is 3.02. The molecule has 1 aromatic rings. The van der Waals surface area contributed by atoms with Crippen molar-refractivity contribution in [2.24, 2.45) is 0 Å². The van der Waals surface area contributed by atoms with Gasteiger partial charge in [0.25, 0.3) is 5.91 Å². The number of carboxylic acid groups (broad SMARTS) is 1. The molecule has 5 nitrogen and oxygen atoms in total. The van der Waals surface area contributed by atoms with Crippen LogP contribution in [0, 0.1) is 6.92 Å². The zero-order chi connectivity index (χ0) is 13.3. The van der Waals surface area contributed by atoms with Crippen molar-refractivity contribution in [1.29, 1.82) is 0 Å². The molecule has 1 N–H and O–H groups in total. The molecule has 0 saturated carbocycles. The minimum absolute atomic E-state index is 0.0861. The van der Waals surface area contributed by atoms with Crippen molar-refractivity contribution in [3.05, 3.63) is 29.3 Å². The molecule has 1 amide bonds. The van der Waals surface area contributed by atoms with Gasteiger partial charge in [0, 0.05) is 20.0 Å². The molecule has 1 unspecified atom stereocenters. The molecule has 2 rings (SSSR count). The summed E-state index contributed by atoms with van der Waals surface area (Å²) >= 11 is 0. The first kappa shape index (κ1) is 12.4. The Kier molecular flexibility index (Phi) is 3.23. The average molecular weight is 249 g/mol. The van der Waals surface area contributed by atoms with Gasteiger partial charge >= 0.3 is 5.97 Å². The lowest BCUT2D eigenvalue weighted by atomic mass is 10.1. The molecular weight excluding hydrogens is 234 g/mol. The van der Waals surface area contributed by atoms with E-state index in [0.29, 0.717) is 13.0 Å². The number of amides is 1. The molecular formula is C13H15NO4. The van der Waals surface area contributed by atoms with E-state index in [1.54, 1.807) is 24.1 Å². The van der Waals surface area contributed by atoms with Crippen LogP contribution in [0.3, 0.4) is 0 Å². The number of benzene rings is 1. The molecule has 18 heavy (non-hydrogen) atoms. The molecule has 1 aliphatic heterocycles. The van der Waals surface area contributed by atoms with E-state index in [2.05, 4.69) is 0 Å². The van der Waals surface area contributed by atoms with Crippen molar-refractivity contribution in [1.82, 2.24) is 4.90 Å². The number of aryl methyl sites for hydroxylation is 1. The van der Waals surface area contributed by atoms with E-state index in [-0.39, 0.29) is 17.2 Å². The number of hydrogen-bond donors (Lipinski definition) is 1. The van der Waals surface area contributed by atoms with Crippen LogP contribution >= 0.6 is 0 Å². The topological polar surface area (TPSA) is 66.8 Å². The van der Waals surface area contributed by atoms with E-state index in [1.165, 1.54) is 6.07 Å². The lowest BCUT2D eigenvalue weighted by molar-refractivity contribution is -0.132. The zero-order valence-electron chi connectivity index (χ0n) is 10.3. The number of carbonyl (C=O) groups is 2. The monoisotopic (exact) mass is 249 g/mol. The Hall–Kier alpha value is -2.04. The van der Waals surface area contributed by atoms with Crippen LogP contribution in [0.15, 0.2) is 18.2 Å². The molecule has 96 valence electrons. The molecule has 1 saturated heterocycles. The number of nitrogens with zero attached hydrogens (tertiary/aromatic N) is 1. The Bertz CT molecular complexity index is 498. The van der Waals surface area contributed by atoms with Crippen LogP contribution in [0.2, 0.25) is 0 Å². The highest BCUT2D eigenvalue weighted by Gasteiger charge is 2.31. The number of carboxylic acids is 1. The van der Waals surface area contributed by atoms with Crippen molar-refractivity contribution in [2.45, 2.75) is 19.4 Å². The number of rotatable bonds is 3. The summed E-state index contributed by atoms with van der Waals surface area (Å²) in [6.07, 6.45) is 0.0115. The molecule has 0 spiro atoms. The van der Waals surface area contributed by atoms with Crippen LogP contribution in [0.5, 0.6) is 5.75 Å². The van der Waals surface area contributed by atoms with Crippen molar-refractivity contribution >= 4 is 11.9 Å². The quantitative estimate of drug-likeness (QED) is 0.876. The highest BCUT2D eigenvalue weighted by atomic mass is 16.5. The van der Waals surface area contributed by atoms with Gasteiger partial charge in [-0.1, -0.05) is 6.07 Å². The van der Waals surface area contributed by atoms with Crippen LogP contribution in [-0.4, -0.2) is 41.6 Å². The first-order chi connectivity index (χ1) is 8.49. The minimum atomic E-state index is -1.05. The summed E-state index contributed by atoms with van der Waals surface area (Å²) in [5, 5.41) is 9.07. The molecule has 1 atom stereocenters. The normalized spacial score (nSPS) is 19.1. The summed E-state index contributed by atoms with van der Waals surface area (Å²) in [5.41, 5.74) is 0.983. The second-order valence-electron chi connectivity index (χ2n) is 4.46. The molecule has 1 heterocycles. The fourth-order valence-electron chi connectivity index (χ4n) is 1.96. The zero-order valence-corrected chi connectivity index (χ0v) is 10.3. The number of likely N-dealkylation sites (tertiary alicyclic amines) is 1. The molecule has 0 bridgehead atoms. The average Bonchev–Trinajstić information content (AvgIpc) is 2.61. The summed E-state index contributed by atoms with van der Waals surface area (Å²) in [5.74, 6) is -0.896. The van der Waals surface area contributed by atoms with Gasteiger partial charge < -0.3 is 14.7 Å². The third kappa shape index (κ3) is 2.30. The van der Waals surface area contributed by atoms with Crippen LogP contribution in [0.1, 0.15) is 22.3 Å². The highest BCUT2D eigenvalue weighted by Crippen LogP contribution is 2.24. The number of likely N-dealkylation sites (N-methyl/N-ethyl adjacent to an activating group) is 1. The predicted octanol–water partition coefficient (Wildman–Crippen LogP) is 1.30. The summed E-state index contributed by atoms with van der Waals surface area (Å²) in [6, 6.07) is 4.85. The number of hydrogen-bond acceptors (Lipinski definition) is 3.